The molecule has 5 heteroatoms. The lowest BCUT2D eigenvalue weighted by Crippen LogP contribution is -2.46. The molecular formula is C12H25ClN2O2. The third-order valence-electron chi connectivity index (χ3n) is 3.02. The van der Waals surface area contributed by atoms with Gasteiger partial charge in [0.05, 0.1) is 24.7 Å². The van der Waals surface area contributed by atoms with Gasteiger partial charge in [0.1, 0.15) is 0 Å². The highest BCUT2D eigenvalue weighted by molar-refractivity contribution is 6.20. The molecule has 2 unspecified atom stereocenters. The lowest BCUT2D eigenvalue weighted by Gasteiger charge is -2.32. The van der Waals surface area contributed by atoms with Gasteiger partial charge in [-0.1, -0.05) is 6.92 Å². The van der Waals surface area contributed by atoms with Crippen LogP contribution in [0.1, 0.15) is 13.3 Å². The van der Waals surface area contributed by atoms with Crippen LogP contribution in [-0.4, -0.2) is 69.4 Å². The molecule has 1 fully saturated rings. The first kappa shape index (κ1) is 15.2. The van der Waals surface area contributed by atoms with Crippen LogP contribution in [-0.2, 0) is 9.47 Å². The number of ether oxygens (including phenoxy) is 2. The van der Waals surface area contributed by atoms with E-state index in [1.165, 1.54) is 0 Å². The Morgan fingerprint density at radius 3 is 3.12 bits per heavy atom. The van der Waals surface area contributed by atoms with Crippen molar-refractivity contribution in [3.05, 3.63) is 0 Å². The van der Waals surface area contributed by atoms with Gasteiger partial charge in [0.15, 0.2) is 0 Å². The highest BCUT2D eigenvalue weighted by Gasteiger charge is 2.18. The third kappa shape index (κ3) is 6.58. The topological polar surface area (TPSA) is 33.7 Å². The number of morpholine rings is 1. The Kier molecular flexibility index (Phi) is 8.14. The molecule has 0 saturated carbocycles. The highest BCUT2D eigenvalue weighted by Crippen LogP contribution is 2.04. The van der Waals surface area contributed by atoms with Crippen LogP contribution in [0.2, 0.25) is 0 Å². The van der Waals surface area contributed by atoms with Crippen molar-refractivity contribution < 1.29 is 9.47 Å². The van der Waals surface area contributed by atoms with Gasteiger partial charge in [-0.15, -0.1) is 11.6 Å². The van der Waals surface area contributed by atoms with Crippen molar-refractivity contribution in [3.63, 3.8) is 0 Å². The van der Waals surface area contributed by atoms with Crippen LogP contribution in [0.25, 0.3) is 0 Å². The molecule has 1 heterocycles. The van der Waals surface area contributed by atoms with Crippen molar-refractivity contribution >= 4 is 11.6 Å². The smallest absolute Gasteiger partial charge is 0.0826 e. The fourth-order valence-corrected chi connectivity index (χ4v) is 2.21. The zero-order valence-electron chi connectivity index (χ0n) is 11.0. The molecule has 1 rings (SSSR count). The van der Waals surface area contributed by atoms with Crippen molar-refractivity contribution in [2.45, 2.75) is 24.8 Å². The fourth-order valence-electron chi connectivity index (χ4n) is 1.98. The van der Waals surface area contributed by atoms with Gasteiger partial charge >= 0.3 is 0 Å². The summed E-state index contributed by atoms with van der Waals surface area (Å²) in [5.74, 6) is 0. The predicted molar refractivity (Wildman–Crippen MR) is 70.9 cm³/mol. The number of halogens is 1. The predicted octanol–water partition coefficient (Wildman–Crippen LogP) is 0.941. The monoisotopic (exact) mass is 264 g/mol. The molecule has 4 nitrogen and oxygen atoms in total. The second-order valence-corrected chi connectivity index (χ2v) is 5.05. The van der Waals surface area contributed by atoms with Crippen LogP contribution >= 0.6 is 11.6 Å². The highest BCUT2D eigenvalue weighted by atomic mass is 35.5. The lowest BCUT2D eigenvalue weighted by atomic mass is 10.2. The molecule has 1 N–H and O–H groups in total. The van der Waals surface area contributed by atoms with Gasteiger partial charge in [0, 0.05) is 26.7 Å². The van der Waals surface area contributed by atoms with Crippen LogP contribution in [0.5, 0.6) is 0 Å². The summed E-state index contributed by atoms with van der Waals surface area (Å²) in [6, 6.07) is 0. The summed E-state index contributed by atoms with van der Waals surface area (Å²) in [6.45, 7) is 8.69. The van der Waals surface area contributed by atoms with Gasteiger partial charge in [-0.2, -0.15) is 0 Å². The average molecular weight is 265 g/mol. The standard InChI is InChI=1S/C12H25ClN2O2/c1-3-15-6-7-17-12(9-15)8-14-5-4-11(13)10-16-2/h11-12,14H,3-10H2,1-2H3. The van der Waals surface area contributed by atoms with Crippen molar-refractivity contribution in [2.24, 2.45) is 0 Å². The Hall–Kier alpha value is 0.130. The molecule has 1 aliphatic heterocycles. The number of nitrogens with zero attached hydrogens (tertiary/aromatic N) is 1. The number of hydrogen-bond acceptors (Lipinski definition) is 4. The zero-order chi connectivity index (χ0) is 12.5. The van der Waals surface area contributed by atoms with Crippen molar-refractivity contribution in [1.29, 1.82) is 0 Å². The first-order valence-electron chi connectivity index (χ1n) is 6.44. The Bertz CT molecular complexity index is 195. The molecule has 0 aromatic heterocycles. The summed E-state index contributed by atoms with van der Waals surface area (Å²) in [6.07, 6.45) is 1.25. The minimum atomic E-state index is 0.104. The van der Waals surface area contributed by atoms with Crippen molar-refractivity contribution in [2.75, 3.05) is 53.0 Å². The van der Waals surface area contributed by atoms with Gasteiger partial charge in [-0.05, 0) is 19.5 Å². The Balaban J connectivity index is 2.02. The van der Waals surface area contributed by atoms with Crippen LogP contribution in [0.3, 0.4) is 0 Å². The number of hydrogen-bond donors (Lipinski definition) is 1. The average Bonchev–Trinajstić information content (AvgIpc) is 2.35. The third-order valence-corrected chi connectivity index (χ3v) is 3.37. The summed E-state index contributed by atoms with van der Waals surface area (Å²) >= 11 is 6.04. The molecule has 0 amide bonds. The molecular weight excluding hydrogens is 240 g/mol. The number of likely N-dealkylation sites (N-methyl/N-ethyl adjacent to an activating group) is 1. The Morgan fingerprint density at radius 2 is 2.41 bits per heavy atom. The van der Waals surface area contributed by atoms with Gasteiger partial charge in [0.2, 0.25) is 0 Å². The molecule has 0 aliphatic carbocycles. The van der Waals surface area contributed by atoms with E-state index >= 15 is 0 Å². The minimum Gasteiger partial charge on any atom is -0.383 e. The Labute approximate surface area is 110 Å². The number of nitrogens with one attached hydrogen (secondary N) is 1. The molecule has 102 valence electrons. The maximum absolute atomic E-state index is 6.04. The van der Waals surface area contributed by atoms with E-state index < -0.39 is 0 Å². The molecule has 0 aromatic rings. The number of methoxy groups -OCH3 is 1. The Morgan fingerprint density at radius 1 is 1.59 bits per heavy atom. The fraction of sp³-hybridized carbons (Fsp3) is 1.00. The van der Waals surface area contributed by atoms with E-state index in [1.54, 1.807) is 7.11 Å². The van der Waals surface area contributed by atoms with Gasteiger partial charge in [-0.3, -0.25) is 4.90 Å². The van der Waals surface area contributed by atoms with Crippen LogP contribution in [0.4, 0.5) is 0 Å². The van der Waals surface area contributed by atoms with E-state index in [1.807, 2.05) is 0 Å². The zero-order valence-corrected chi connectivity index (χ0v) is 11.7. The maximum atomic E-state index is 6.04. The second kappa shape index (κ2) is 9.11. The normalized spacial score (nSPS) is 23.8. The molecule has 1 aliphatic rings. The summed E-state index contributed by atoms with van der Waals surface area (Å²) in [5.41, 5.74) is 0. The summed E-state index contributed by atoms with van der Waals surface area (Å²) in [5, 5.41) is 3.50. The summed E-state index contributed by atoms with van der Waals surface area (Å²) < 4.78 is 10.7. The first-order valence-corrected chi connectivity index (χ1v) is 6.87. The maximum Gasteiger partial charge on any atom is 0.0826 e. The SMILES string of the molecule is CCN1CCOC(CNCCC(Cl)COC)C1. The number of rotatable bonds is 8. The largest absolute Gasteiger partial charge is 0.383 e. The van der Waals surface area contributed by atoms with E-state index in [0.29, 0.717) is 12.7 Å². The second-order valence-electron chi connectivity index (χ2n) is 4.43. The molecule has 1 saturated heterocycles. The molecule has 2 atom stereocenters. The van der Waals surface area contributed by atoms with Crippen LogP contribution < -0.4 is 5.32 Å². The molecule has 0 bridgehead atoms. The van der Waals surface area contributed by atoms with E-state index in [9.17, 15) is 0 Å². The van der Waals surface area contributed by atoms with E-state index in [0.717, 1.165) is 45.8 Å². The molecule has 0 aromatic carbocycles. The lowest BCUT2D eigenvalue weighted by molar-refractivity contribution is -0.0252. The molecule has 0 spiro atoms. The van der Waals surface area contributed by atoms with Crippen LogP contribution in [0, 0.1) is 0 Å². The van der Waals surface area contributed by atoms with Gasteiger partial charge in [0.25, 0.3) is 0 Å². The summed E-state index contributed by atoms with van der Waals surface area (Å²) in [7, 11) is 1.68. The quantitative estimate of drug-likeness (QED) is 0.523. The van der Waals surface area contributed by atoms with Crippen molar-refractivity contribution in [1.82, 2.24) is 10.2 Å². The van der Waals surface area contributed by atoms with E-state index in [4.69, 9.17) is 21.1 Å². The minimum absolute atomic E-state index is 0.104. The summed E-state index contributed by atoms with van der Waals surface area (Å²) in [4.78, 5) is 2.42. The van der Waals surface area contributed by atoms with Gasteiger partial charge < -0.3 is 14.8 Å². The molecule has 17 heavy (non-hydrogen) atoms. The van der Waals surface area contributed by atoms with E-state index in [2.05, 4.69) is 17.1 Å². The van der Waals surface area contributed by atoms with Gasteiger partial charge in [-0.25, -0.2) is 0 Å². The number of alkyl halides is 1. The van der Waals surface area contributed by atoms with E-state index in [-0.39, 0.29) is 5.38 Å². The molecule has 0 radical (unpaired) electrons. The van der Waals surface area contributed by atoms with Crippen LogP contribution in [0.15, 0.2) is 0 Å². The first-order chi connectivity index (χ1) is 8.26. The van der Waals surface area contributed by atoms with Crippen molar-refractivity contribution in [3.8, 4) is 0 Å².